The van der Waals surface area contributed by atoms with Gasteiger partial charge in [-0.15, -0.1) is 0 Å². The fourth-order valence-electron chi connectivity index (χ4n) is 2.37. The van der Waals surface area contributed by atoms with E-state index in [0.717, 1.165) is 19.4 Å². The van der Waals surface area contributed by atoms with Crippen molar-refractivity contribution < 1.29 is 9.90 Å². The Morgan fingerprint density at radius 3 is 2.72 bits per heavy atom. The summed E-state index contributed by atoms with van der Waals surface area (Å²) in [7, 11) is 0. The first-order chi connectivity index (χ1) is 8.58. The number of nitrogens with zero attached hydrogens (tertiary/aromatic N) is 1. The van der Waals surface area contributed by atoms with Gasteiger partial charge in [-0.25, -0.2) is 0 Å². The molecular weight excluding hydrogens is 226 g/mol. The lowest BCUT2D eigenvalue weighted by Crippen LogP contribution is -2.01. The molecule has 0 spiro atoms. The standard InChI is InChI=1S/C15H19NO2/c1-11-6-7-14-13(9-11)10-12(2)16(14)8-4-3-5-15(17)18/h6-7,9-10H,3-5,8H2,1-2H3,(H,17,18). The predicted molar refractivity (Wildman–Crippen MR) is 72.9 cm³/mol. The largest absolute Gasteiger partial charge is 0.481 e. The third-order valence-electron chi connectivity index (χ3n) is 3.29. The van der Waals surface area contributed by atoms with Crippen LogP contribution in [0.3, 0.4) is 0 Å². The number of hydrogen-bond donors (Lipinski definition) is 1. The molecule has 0 aliphatic carbocycles. The highest BCUT2D eigenvalue weighted by Crippen LogP contribution is 2.21. The second-order valence-corrected chi connectivity index (χ2v) is 4.85. The van der Waals surface area contributed by atoms with Gasteiger partial charge in [0.25, 0.3) is 0 Å². The number of aryl methyl sites for hydroxylation is 3. The summed E-state index contributed by atoms with van der Waals surface area (Å²) in [6.07, 6.45) is 1.91. The smallest absolute Gasteiger partial charge is 0.303 e. The molecule has 0 radical (unpaired) electrons. The molecule has 1 heterocycles. The first kappa shape index (κ1) is 12.7. The number of carbonyl (C=O) groups is 1. The molecular formula is C15H19NO2. The lowest BCUT2D eigenvalue weighted by atomic mass is 10.2. The minimum absolute atomic E-state index is 0.261. The van der Waals surface area contributed by atoms with Crippen molar-refractivity contribution >= 4 is 16.9 Å². The molecule has 0 unspecified atom stereocenters. The molecule has 2 rings (SSSR count). The summed E-state index contributed by atoms with van der Waals surface area (Å²) >= 11 is 0. The van der Waals surface area contributed by atoms with E-state index in [1.165, 1.54) is 22.2 Å². The highest BCUT2D eigenvalue weighted by molar-refractivity contribution is 5.82. The van der Waals surface area contributed by atoms with E-state index < -0.39 is 5.97 Å². The molecule has 1 aromatic heterocycles. The number of unbranched alkanes of at least 4 members (excludes halogenated alkanes) is 1. The predicted octanol–water partition coefficient (Wildman–Crippen LogP) is 3.51. The second kappa shape index (κ2) is 5.25. The van der Waals surface area contributed by atoms with Crippen molar-refractivity contribution in [2.24, 2.45) is 0 Å². The molecule has 96 valence electrons. The van der Waals surface area contributed by atoms with Gasteiger partial charge in [-0.05, 0) is 44.9 Å². The van der Waals surface area contributed by atoms with Gasteiger partial charge >= 0.3 is 5.97 Å². The van der Waals surface area contributed by atoms with Gasteiger partial charge in [0.15, 0.2) is 0 Å². The molecule has 0 atom stereocenters. The molecule has 1 N–H and O–H groups in total. The average Bonchev–Trinajstić information content (AvgIpc) is 2.59. The molecule has 3 nitrogen and oxygen atoms in total. The maximum Gasteiger partial charge on any atom is 0.303 e. The molecule has 3 heteroatoms. The van der Waals surface area contributed by atoms with E-state index >= 15 is 0 Å². The number of benzene rings is 1. The molecule has 0 aliphatic heterocycles. The number of carboxylic acids is 1. The normalized spacial score (nSPS) is 11.0. The number of hydrogen-bond acceptors (Lipinski definition) is 1. The van der Waals surface area contributed by atoms with E-state index in [9.17, 15) is 4.79 Å². The Kier molecular flexibility index (Phi) is 3.70. The first-order valence-corrected chi connectivity index (χ1v) is 6.36. The number of aliphatic carboxylic acids is 1. The van der Waals surface area contributed by atoms with Gasteiger partial charge in [0.1, 0.15) is 0 Å². The summed E-state index contributed by atoms with van der Waals surface area (Å²) in [5, 5.41) is 9.89. The van der Waals surface area contributed by atoms with Crippen LogP contribution in [0, 0.1) is 13.8 Å². The Morgan fingerprint density at radius 2 is 2.00 bits per heavy atom. The zero-order chi connectivity index (χ0) is 13.1. The zero-order valence-electron chi connectivity index (χ0n) is 10.9. The van der Waals surface area contributed by atoms with Crippen LogP contribution in [0.4, 0.5) is 0 Å². The molecule has 0 saturated heterocycles. The SMILES string of the molecule is Cc1ccc2c(c1)cc(C)n2CCCCC(=O)O. The van der Waals surface area contributed by atoms with Gasteiger partial charge in [0.2, 0.25) is 0 Å². The van der Waals surface area contributed by atoms with Crippen molar-refractivity contribution in [3.8, 4) is 0 Å². The summed E-state index contributed by atoms with van der Waals surface area (Å²) in [6, 6.07) is 8.65. The molecule has 0 amide bonds. The summed E-state index contributed by atoms with van der Waals surface area (Å²) in [6.45, 7) is 5.09. The maximum absolute atomic E-state index is 10.5. The molecule has 0 aliphatic rings. The average molecular weight is 245 g/mol. The van der Waals surface area contributed by atoms with Gasteiger partial charge in [-0.1, -0.05) is 11.6 Å². The van der Waals surface area contributed by atoms with E-state index in [1.54, 1.807) is 0 Å². The Morgan fingerprint density at radius 1 is 1.22 bits per heavy atom. The van der Waals surface area contributed by atoms with Crippen LogP contribution in [0.25, 0.3) is 10.9 Å². The van der Waals surface area contributed by atoms with Crippen LogP contribution in [0.15, 0.2) is 24.3 Å². The molecule has 2 aromatic rings. The van der Waals surface area contributed by atoms with Crippen LogP contribution in [0.5, 0.6) is 0 Å². The maximum atomic E-state index is 10.5. The third-order valence-corrected chi connectivity index (χ3v) is 3.29. The zero-order valence-corrected chi connectivity index (χ0v) is 10.9. The van der Waals surface area contributed by atoms with E-state index in [0.29, 0.717) is 0 Å². The summed E-state index contributed by atoms with van der Waals surface area (Å²) < 4.78 is 2.27. The summed E-state index contributed by atoms with van der Waals surface area (Å²) in [5.74, 6) is -0.709. The monoisotopic (exact) mass is 245 g/mol. The van der Waals surface area contributed by atoms with Crippen LogP contribution in [0.2, 0.25) is 0 Å². The Balaban J connectivity index is 2.12. The molecule has 0 bridgehead atoms. The summed E-state index contributed by atoms with van der Waals surface area (Å²) in [4.78, 5) is 10.5. The van der Waals surface area contributed by atoms with Crippen LogP contribution in [0.1, 0.15) is 30.5 Å². The molecule has 18 heavy (non-hydrogen) atoms. The lowest BCUT2D eigenvalue weighted by molar-refractivity contribution is -0.137. The van der Waals surface area contributed by atoms with Gasteiger partial charge in [0, 0.05) is 29.6 Å². The summed E-state index contributed by atoms with van der Waals surface area (Å²) in [5.41, 5.74) is 3.75. The van der Waals surface area contributed by atoms with Crippen LogP contribution in [-0.4, -0.2) is 15.6 Å². The lowest BCUT2D eigenvalue weighted by Gasteiger charge is -2.07. The highest BCUT2D eigenvalue weighted by atomic mass is 16.4. The van der Waals surface area contributed by atoms with Crippen LogP contribution >= 0.6 is 0 Å². The van der Waals surface area contributed by atoms with Crippen molar-refractivity contribution in [3.05, 3.63) is 35.5 Å². The number of carboxylic acid groups (broad SMARTS) is 1. The first-order valence-electron chi connectivity index (χ1n) is 6.36. The van der Waals surface area contributed by atoms with Crippen molar-refractivity contribution in [2.75, 3.05) is 0 Å². The van der Waals surface area contributed by atoms with Crippen molar-refractivity contribution in [1.29, 1.82) is 0 Å². The van der Waals surface area contributed by atoms with Crippen LogP contribution in [-0.2, 0) is 11.3 Å². The topological polar surface area (TPSA) is 42.2 Å². The van der Waals surface area contributed by atoms with Gasteiger partial charge in [0.05, 0.1) is 0 Å². The molecule has 0 fully saturated rings. The third kappa shape index (κ3) is 2.73. The van der Waals surface area contributed by atoms with Crippen LogP contribution < -0.4 is 0 Å². The Labute approximate surface area is 107 Å². The van der Waals surface area contributed by atoms with Crippen molar-refractivity contribution in [1.82, 2.24) is 4.57 Å². The fraction of sp³-hybridized carbons (Fsp3) is 0.400. The number of fused-ring (bicyclic) bond motifs is 1. The number of rotatable bonds is 5. The highest BCUT2D eigenvalue weighted by Gasteiger charge is 2.05. The van der Waals surface area contributed by atoms with Gasteiger partial charge < -0.3 is 9.67 Å². The van der Waals surface area contributed by atoms with E-state index in [1.807, 2.05) is 0 Å². The Hall–Kier alpha value is -1.77. The van der Waals surface area contributed by atoms with E-state index in [2.05, 4.69) is 42.7 Å². The Bertz CT molecular complexity index is 569. The fourth-order valence-corrected chi connectivity index (χ4v) is 2.37. The number of aromatic nitrogens is 1. The molecule has 0 saturated carbocycles. The minimum Gasteiger partial charge on any atom is -0.481 e. The van der Waals surface area contributed by atoms with E-state index in [-0.39, 0.29) is 6.42 Å². The molecule has 1 aromatic carbocycles. The van der Waals surface area contributed by atoms with Crippen molar-refractivity contribution in [3.63, 3.8) is 0 Å². The van der Waals surface area contributed by atoms with Gasteiger partial charge in [-0.2, -0.15) is 0 Å². The minimum atomic E-state index is -0.709. The van der Waals surface area contributed by atoms with Crippen molar-refractivity contribution in [2.45, 2.75) is 39.7 Å². The van der Waals surface area contributed by atoms with E-state index in [4.69, 9.17) is 5.11 Å². The van der Waals surface area contributed by atoms with Gasteiger partial charge in [-0.3, -0.25) is 4.79 Å². The second-order valence-electron chi connectivity index (χ2n) is 4.85. The quantitative estimate of drug-likeness (QED) is 0.819.